The molecule has 20 heavy (non-hydrogen) atoms. The lowest BCUT2D eigenvalue weighted by molar-refractivity contribution is -0.133. The number of aromatic nitrogens is 1. The average molecular weight is 322 g/mol. The molecule has 0 saturated carbocycles. The van der Waals surface area contributed by atoms with Crippen molar-refractivity contribution in [2.45, 2.75) is 19.1 Å². The van der Waals surface area contributed by atoms with Crippen LogP contribution in [0.4, 0.5) is 0 Å². The lowest BCUT2D eigenvalue weighted by atomic mass is 10.2. The molecule has 2 heterocycles. The van der Waals surface area contributed by atoms with Crippen LogP contribution in [0.25, 0.3) is 0 Å². The Morgan fingerprint density at radius 3 is 2.75 bits per heavy atom. The molecule has 1 atom stereocenters. The first kappa shape index (κ1) is 19.1. The third-order valence-electron chi connectivity index (χ3n) is 3.00. The van der Waals surface area contributed by atoms with E-state index in [2.05, 4.69) is 10.3 Å². The summed E-state index contributed by atoms with van der Waals surface area (Å²) >= 11 is 0. The molecule has 0 aliphatic carbocycles. The summed E-state index contributed by atoms with van der Waals surface area (Å²) in [6.07, 6.45) is 3.92. The van der Waals surface area contributed by atoms with Crippen molar-refractivity contribution in [1.82, 2.24) is 15.2 Å². The van der Waals surface area contributed by atoms with E-state index in [-0.39, 0.29) is 36.8 Å². The lowest BCUT2D eigenvalue weighted by Gasteiger charge is -2.25. The molecular formula is C13H21Cl2N3O2. The van der Waals surface area contributed by atoms with Gasteiger partial charge in [0, 0.05) is 39.1 Å². The molecule has 1 aliphatic heterocycles. The lowest BCUT2D eigenvalue weighted by Crippen LogP contribution is -2.41. The Morgan fingerprint density at radius 1 is 1.45 bits per heavy atom. The minimum absolute atomic E-state index is 0. The number of ether oxygens (including phenoxy) is 1. The maximum atomic E-state index is 12.0. The number of amides is 1. The van der Waals surface area contributed by atoms with Gasteiger partial charge in [0.1, 0.15) is 0 Å². The Hall–Kier alpha value is -0.880. The summed E-state index contributed by atoms with van der Waals surface area (Å²) in [6.45, 7) is 2.93. The van der Waals surface area contributed by atoms with Gasteiger partial charge in [-0.15, -0.1) is 24.8 Å². The Bertz CT molecular complexity index is 386. The SMILES string of the molecule is CN(Cc1ccncc1)C(=O)CC1CNCCO1.Cl.Cl. The van der Waals surface area contributed by atoms with E-state index in [9.17, 15) is 4.79 Å². The predicted molar refractivity (Wildman–Crippen MR) is 82.4 cm³/mol. The standard InChI is InChI=1S/C13H19N3O2.2ClH/c1-16(10-11-2-4-14-5-3-11)13(17)8-12-9-15-6-7-18-12;;/h2-5,12,15H,6-10H2,1H3;2*1H. The molecule has 2 rings (SSSR count). The number of pyridine rings is 1. The van der Waals surface area contributed by atoms with Crippen molar-refractivity contribution in [2.75, 3.05) is 26.7 Å². The zero-order valence-corrected chi connectivity index (χ0v) is 13.1. The molecule has 0 aromatic carbocycles. The van der Waals surface area contributed by atoms with Crippen molar-refractivity contribution in [3.63, 3.8) is 0 Å². The van der Waals surface area contributed by atoms with Crippen LogP contribution in [0.15, 0.2) is 24.5 Å². The molecule has 0 radical (unpaired) electrons. The molecule has 1 fully saturated rings. The Kier molecular flexibility index (Phi) is 9.50. The number of nitrogens with zero attached hydrogens (tertiary/aromatic N) is 2. The summed E-state index contributed by atoms with van der Waals surface area (Å²) in [4.78, 5) is 17.7. The van der Waals surface area contributed by atoms with Gasteiger partial charge < -0.3 is 15.0 Å². The molecule has 1 unspecified atom stereocenters. The van der Waals surface area contributed by atoms with E-state index in [1.54, 1.807) is 17.3 Å². The summed E-state index contributed by atoms with van der Waals surface area (Å²) in [5.41, 5.74) is 1.09. The molecule has 1 aliphatic rings. The van der Waals surface area contributed by atoms with E-state index in [0.717, 1.165) is 18.7 Å². The molecule has 1 N–H and O–H groups in total. The first-order valence-electron chi connectivity index (χ1n) is 6.21. The average Bonchev–Trinajstić information content (AvgIpc) is 2.41. The van der Waals surface area contributed by atoms with Gasteiger partial charge in [0.2, 0.25) is 5.91 Å². The maximum Gasteiger partial charge on any atom is 0.225 e. The van der Waals surface area contributed by atoms with Gasteiger partial charge in [-0.1, -0.05) is 0 Å². The third kappa shape index (κ3) is 6.05. The molecule has 1 amide bonds. The van der Waals surface area contributed by atoms with Crippen molar-refractivity contribution in [2.24, 2.45) is 0 Å². The van der Waals surface area contributed by atoms with Crippen LogP contribution in [-0.4, -0.2) is 48.6 Å². The summed E-state index contributed by atoms with van der Waals surface area (Å²) in [5, 5.41) is 3.22. The molecule has 1 saturated heterocycles. The fourth-order valence-corrected chi connectivity index (χ4v) is 1.95. The van der Waals surface area contributed by atoms with E-state index in [4.69, 9.17) is 4.74 Å². The van der Waals surface area contributed by atoms with Gasteiger partial charge in [-0.3, -0.25) is 9.78 Å². The molecule has 1 aromatic rings. The second-order valence-electron chi connectivity index (χ2n) is 4.51. The fourth-order valence-electron chi connectivity index (χ4n) is 1.95. The van der Waals surface area contributed by atoms with Crippen LogP contribution in [0.5, 0.6) is 0 Å². The highest BCUT2D eigenvalue weighted by Crippen LogP contribution is 2.07. The highest BCUT2D eigenvalue weighted by atomic mass is 35.5. The third-order valence-corrected chi connectivity index (χ3v) is 3.00. The van der Waals surface area contributed by atoms with Crippen LogP contribution in [0, 0.1) is 0 Å². The van der Waals surface area contributed by atoms with Crippen LogP contribution in [0.2, 0.25) is 0 Å². The van der Waals surface area contributed by atoms with Crippen molar-refractivity contribution < 1.29 is 9.53 Å². The van der Waals surface area contributed by atoms with E-state index in [1.165, 1.54) is 0 Å². The van der Waals surface area contributed by atoms with Gasteiger partial charge in [-0.25, -0.2) is 0 Å². The number of morpholine rings is 1. The Morgan fingerprint density at radius 2 is 2.15 bits per heavy atom. The van der Waals surface area contributed by atoms with Gasteiger partial charge in [-0.2, -0.15) is 0 Å². The number of halogens is 2. The van der Waals surface area contributed by atoms with Crippen LogP contribution in [0.3, 0.4) is 0 Å². The van der Waals surface area contributed by atoms with Gasteiger partial charge in [0.15, 0.2) is 0 Å². The number of nitrogens with one attached hydrogen (secondary N) is 1. The monoisotopic (exact) mass is 321 g/mol. The number of carbonyl (C=O) groups excluding carboxylic acids is 1. The number of carbonyl (C=O) groups is 1. The van der Waals surface area contributed by atoms with Gasteiger partial charge in [0.05, 0.1) is 19.1 Å². The Balaban J connectivity index is 0.00000180. The second-order valence-corrected chi connectivity index (χ2v) is 4.51. The van der Waals surface area contributed by atoms with Crippen molar-refractivity contribution in [3.8, 4) is 0 Å². The molecule has 0 bridgehead atoms. The summed E-state index contributed by atoms with van der Waals surface area (Å²) < 4.78 is 5.53. The minimum Gasteiger partial charge on any atom is -0.375 e. The number of rotatable bonds is 4. The molecule has 1 aromatic heterocycles. The van der Waals surface area contributed by atoms with Crippen LogP contribution >= 0.6 is 24.8 Å². The van der Waals surface area contributed by atoms with Gasteiger partial charge >= 0.3 is 0 Å². The molecule has 0 spiro atoms. The quantitative estimate of drug-likeness (QED) is 0.907. The van der Waals surface area contributed by atoms with Gasteiger partial charge in [-0.05, 0) is 17.7 Å². The summed E-state index contributed by atoms with van der Waals surface area (Å²) in [5.74, 6) is 0.112. The summed E-state index contributed by atoms with van der Waals surface area (Å²) in [6, 6.07) is 3.84. The molecule has 7 heteroatoms. The van der Waals surface area contributed by atoms with Gasteiger partial charge in [0.25, 0.3) is 0 Å². The van der Waals surface area contributed by atoms with E-state index < -0.39 is 0 Å². The van der Waals surface area contributed by atoms with Crippen LogP contribution in [0.1, 0.15) is 12.0 Å². The highest BCUT2D eigenvalue weighted by Gasteiger charge is 2.19. The first-order chi connectivity index (χ1) is 8.75. The zero-order chi connectivity index (χ0) is 12.8. The van der Waals surface area contributed by atoms with Crippen molar-refractivity contribution >= 4 is 30.7 Å². The first-order valence-corrected chi connectivity index (χ1v) is 6.21. The highest BCUT2D eigenvalue weighted by molar-refractivity contribution is 5.85. The molecular weight excluding hydrogens is 301 g/mol. The number of hydrogen-bond acceptors (Lipinski definition) is 4. The Labute approximate surface area is 131 Å². The maximum absolute atomic E-state index is 12.0. The molecule has 5 nitrogen and oxygen atoms in total. The smallest absolute Gasteiger partial charge is 0.225 e. The van der Waals surface area contributed by atoms with Crippen molar-refractivity contribution in [1.29, 1.82) is 0 Å². The van der Waals surface area contributed by atoms with Crippen LogP contribution < -0.4 is 5.32 Å². The zero-order valence-electron chi connectivity index (χ0n) is 11.4. The van der Waals surface area contributed by atoms with Crippen molar-refractivity contribution in [3.05, 3.63) is 30.1 Å². The number of hydrogen-bond donors (Lipinski definition) is 1. The predicted octanol–water partition coefficient (Wildman–Crippen LogP) is 1.26. The van der Waals surface area contributed by atoms with E-state index >= 15 is 0 Å². The largest absolute Gasteiger partial charge is 0.375 e. The topological polar surface area (TPSA) is 54.5 Å². The van der Waals surface area contributed by atoms with E-state index in [1.807, 2.05) is 19.2 Å². The van der Waals surface area contributed by atoms with E-state index in [0.29, 0.717) is 19.6 Å². The second kappa shape index (κ2) is 9.94. The summed E-state index contributed by atoms with van der Waals surface area (Å²) in [7, 11) is 1.82. The molecule has 114 valence electrons. The minimum atomic E-state index is 0. The van der Waals surface area contributed by atoms with Crippen LogP contribution in [-0.2, 0) is 16.1 Å². The normalized spacial score (nSPS) is 17.6. The fraction of sp³-hybridized carbons (Fsp3) is 0.538.